The molecule has 0 spiro atoms. The first-order valence-corrected chi connectivity index (χ1v) is 5.82. The van der Waals surface area contributed by atoms with E-state index in [0.29, 0.717) is 6.42 Å². The molecule has 3 heteroatoms. The van der Waals surface area contributed by atoms with E-state index in [0.717, 1.165) is 5.56 Å². The van der Waals surface area contributed by atoms with E-state index in [1.807, 2.05) is 12.1 Å². The lowest BCUT2D eigenvalue weighted by molar-refractivity contribution is -0.136. The molecule has 0 saturated heterocycles. The molecule has 1 aromatic carbocycles. The van der Waals surface area contributed by atoms with Gasteiger partial charge in [-0.25, -0.2) is 0 Å². The standard InChI is InChI=1S/C13H18O2S/c1-13(2,3)10-6-4-9(5-7-10)8-11(16)12(14)15/h4-7,11,16H,8H2,1-3H3,(H,14,15). The van der Waals surface area contributed by atoms with Crippen molar-refractivity contribution < 1.29 is 9.90 Å². The molecule has 1 N–H and O–H groups in total. The Bertz CT molecular complexity index is 363. The molecular weight excluding hydrogens is 220 g/mol. The largest absolute Gasteiger partial charge is 0.480 e. The molecule has 0 heterocycles. The SMILES string of the molecule is CC(C)(C)c1ccc(CC(S)C(=O)O)cc1. The molecule has 1 rings (SSSR count). The minimum Gasteiger partial charge on any atom is -0.480 e. The van der Waals surface area contributed by atoms with E-state index in [2.05, 4.69) is 45.5 Å². The van der Waals surface area contributed by atoms with Gasteiger partial charge in [0.05, 0.1) is 0 Å². The fraction of sp³-hybridized carbons (Fsp3) is 0.462. The van der Waals surface area contributed by atoms with Crippen LogP contribution in [0.2, 0.25) is 0 Å². The third kappa shape index (κ3) is 3.56. The summed E-state index contributed by atoms with van der Waals surface area (Å²) in [5, 5.41) is 8.13. The minimum atomic E-state index is -0.872. The van der Waals surface area contributed by atoms with Crippen LogP contribution in [0.4, 0.5) is 0 Å². The Labute approximate surface area is 102 Å². The average Bonchev–Trinajstić information content (AvgIpc) is 2.17. The molecule has 0 bridgehead atoms. The normalized spacial score (nSPS) is 13.5. The summed E-state index contributed by atoms with van der Waals surface area (Å²) in [7, 11) is 0. The number of hydrogen-bond donors (Lipinski definition) is 2. The molecule has 16 heavy (non-hydrogen) atoms. The van der Waals surface area contributed by atoms with Crippen molar-refractivity contribution in [2.45, 2.75) is 37.9 Å². The van der Waals surface area contributed by atoms with E-state index in [9.17, 15) is 4.79 Å². The molecule has 1 atom stereocenters. The summed E-state index contributed by atoms with van der Waals surface area (Å²) in [6, 6.07) is 8.06. The first kappa shape index (κ1) is 13.1. The van der Waals surface area contributed by atoms with Crippen LogP contribution in [-0.4, -0.2) is 16.3 Å². The summed E-state index contributed by atoms with van der Waals surface area (Å²) >= 11 is 4.02. The van der Waals surface area contributed by atoms with Gasteiger partial charge in [-0.05, 0) is 23.0 Å². The molecule has 1 aromatic rings. The van der Waals surface area contributed by atoms with Gasteiger partial charge in [-0.15, -0.1) is 0 Å². The van der Waals surface area contributed by atoms with E-state index in [-0.39, 0.29) is 5.41 Å². The third-order valence-electron chi connectivity index (χ3n) is 2.53. The molecule has 0 aliphatic heterocycles. The number of carboxylic acids is 1. The van der Waals surface area contributed by atoms with Crippen molar-refractivity contribution in [2.24, 2.45) is 0 Å². The number of benzene rings is 1. The average molecular weight is 238 g/mol. The highest BCUT2D eigenvalue weighted by Gasteiger charge is 2.15. The Kier molecular flexibility index (Phi) is 4.03. The number of aliphatic carboxylic acids is 1. The Morgan fingerprint density at radius 1 is 1.31 bits per heavy atom. The van der Waals surface area contributed by atoms with Gasteiger partial charge in [0.2, 0.25) is 0 Å². The first-order chi connectivity index (χ1) is 7.30. The first-order valence-electron chi connectivity index (χ1n) is 5.31. The Morgan fingerprint density at radius 3 is 2.19 bits per heavy atom. The summed E-state index contributed by atoms with van der Waals surface area (Å²) in [4.78, 5) is 10.7. The van der Waals surface area contributed by atoms with E-state index < -0.39 is 11.2 Å². The topological polar surface area (TPSA) is 37.3 Å². The zero-order valence-corrected chi connectivity index (χ0v) is 10.8. The number of carboxylic acid groups (broad SMARTS) is 1. The lowest BCUT2D eigenvalue weighted by Gasteiger charge is -2.19. The van der Waals surface area contributed by atoms with Crippen molar-refractivity contribution in [1.29, 1.82) is 0 Å². The molecule has 0 amide bonds. The predicted octanol–water partition coefficient (Wildman–Crippen LogP) is 2.91. The third-order valence-corrected chi connectivity index (χ3v) is 2.94. The molecule has 0 aromatic heterocycles. The molecule has 0 aliphatic carbocycles. The van der Waals surface area contributed by atoms with Crippen LogP contribution < -0.4 is 0 Å². The predicted molar refractivity (Wildman–Crippen MR) is 69.3 cm³/mol. The van der Waals surface area contributed by atoms with Crippen molar-refractivity contribution in [1.82, 2.24) is 0 Å². The lowest BCUT2D eigenvalue weighted by Crippen LogP contribution is -2.16. The second kappa shape index (κ2) is 4.91. The molecule has 2 nitrogen and oxygen atoms in total. The fourth-order valence-corrected chi connectivity index (χ4v) is 1.66. The van der Waals surface area contributed by atoms with Crippen LogP contribution >= 0.6 is 12.6 Å². The van der Waals surface area contributed by atoms with Gasteiger partial charge in [0.25, 0.3) is 0 Å². The molecule has 1 unspecified atom stereocenters. The van der Waals surface area contributed by atoms with Gasteiger partial charge in [-0.3, -0.25) is 4.79 Å². The van der Waals surface area contributed by atoms with Gasteiger partial charge in [0, 0.05) is 0 Å². The van der Waals surface area contributed by atoms with Crippen molar-refractivity contribution in [3.63, 3.8) is 0 Å². The lowest BCUT2D eigenvalue weighted by atomic mass is 9.86. The highest BCUT2D eigenvalue weighted by Crippen LogP contribution is 2.22. The van der Waals surface area contributed by atoms with Gasteiger partial charge in [0.15, 0.2) is 0 Å². The highest BCUT2D eigenvalue weighted by atomic mass is 32.1. The monoisotopic (exact) mass is 238 g/mol. The van der Waals surface area contributed by atoms with Gasteiger partial charge in [0.1, 0.15) is 5.25 Å². The summed E-state index contributed by atoms with van der Waals surface area (Å²) < 4.78 is 0. The number of thiol groups is 1. The fourth-order valence-electron chi connectivity index (χ4n) is 1.45. The van der Waals surface area contributed by atoms with Gasteiger partial charge >= 0.3 is 5.97 Å². The molecule has 0 saturated carbocycles. The van der Waals surface area contributed by atoms with E-state index >= 15 is 0 Å². The maximum absolute atomic E-state index is 10.7. The second-order valence-corrected chi connectivity index (χ2v) is 5.63. The second-order valence-electron chi connectivity index (χ2n) is 5.01. The smallest absolute Gasteiger partial charge is 0.316 e. The molecule has 0 fully saturated rings. The Hall–Kier alpha value is -0.960. The molecule has 0 radical (unpaired) electrons. The number of rotatable bonds is 3. The van der Waals surface area contributed by atoms with Crippen molar-refractivity contribution in [3.05, 3.63) is 35.4 Å². The van der Waals surface area contributed by atoms with Crippen LogP contribution in [-0.2, 0) is 16.6 Å². The van der Waals surface area contributed by atoms with Crippen molar-refractivity contribution in [2.75, 3.05) is 0 Å². The zero-order valence-electron chi connectivity index (χ0n) is 9.90. The summed E-state index contributed by atoms with van der Waals surface area (Å²) in [5.74, 6) is -0.872. The highest BCUT2D eigenvalue weighted by molar-refractivity contribution is 7.81. The van der Waals surface area contributed by atoms with Crippen LogP contribution in [0.25, 0.3) is 0 Å². The van der Waals surface area contributed by atoms with Gasteiger partial charge in [-0.2, -0.15) is 12.6 Å². The quantitative estimate of drug-likeness (QED) is 0.794. The van der Waals surface area contributed by atoms with Gasteiger partial charge < -0.3 is 5.11 Å². The maximum Gasteiger partial charge on any atom is 0.316 e. The Balaban J connectivity index is 2.76. The van der Waals surface area contributed by atoms with Crippen LogP contribution in [0, 0.1) is 0 Å². The van der Waals surface area contributed by atoms with E-state index in [1.165, 1.54) is 5.56 Å². The molecule has 88 valence electrons. The van der Waals surface area contributed by atoms with Crippen LogP contribution in [0.15, 0.2) is 24.3 Å². The van der Waals surface area contributed by atoms with Crippen LogP contribution in [0.1, 0.15) is 31.9 Å². The summed E-state index contributed by atoms with van der Waals surface area (Å²) in [6.07, 6.45) is 0.461. The zero-order chi connectivity index (χ0) is 12.3. The van der Waals surface area contributed by atoms with Crippen molar-refractivity contribution in [3.8, 4) is 0 Å². The number of carbonyl (C=O) groups is 1. The van der Waals surface area contributed by atoms with E-state index in [1.54, 1.807) is 0 Å². The Morgan fingerprint density at radius 2 is 1.81 bits per heavy atom. The van der Waals surface area contributed by atoms with Gasteiger partial charge in [-0.1, -0.05) is 45.0 Å². The molecular formula is C13H18O2S. The molecule has 0 aliphatic rings. The maximum atomic E-state index is 10.7. The van der Waals surface area contributed by atoms with Crippen LogP contribution in [0.5, 0.6) is 0 Å². The number of hydrogen-bond acceptors (Lipinski definition) is 2. The van der Waals surface area contributed by atoms with Crippen LogP contribution in [0.3, 0.4) is 0 Å². The minimum absolute atomic E-state index is 0.131. The summed E-state index contributed by atoms with van der Waals surface area (Å²) in [6.45, 7) is 6.46. The summed E-state index contributed by atoms with van der Waals surface area (Å²) in [5.41, 5.74) is 2.39. The van der Waals surface area contributed by atoms with Crippen molar-refractivity contribution >= 4 is 18.6 Å². The van der Waals surface area contributed by atoms with E-state index in [4.69, 9.17) is 5.11 Å².